The van der Waals surface area contributed by atoms with Gasteiger partial charge in [-0.05, 0) is 30.7 Å². The quantitative estimate of drug-likeness (QED) is 0.727. The molecule has 0 aliphatic carbocycles. The Morgan fingerprint density at radius 2 is 2.12 bits per heavy atom. The molecule has 0 saturated heterocycles. The molecule has 0 aliphatic heterocycles. The molecule has 0 bridgehead atoms. The lowest BCUT2D eigenvalue weighted by atomic mass is 10.2. The second-order valence-electron chi connectivity index (χ2n) is 5.47. The molecule has 1 aromatic heterocycles. The van der Waals surface area contributed by atoms with Crippen LogP contribution in [0, 0.1) is 12.7 Å². The van der Waals surface area contributed by atoms with Crippen LogP contribution in [-0.2, 0) is 27.8 Å². The van der Waals surface area contributed by atoms with E-state index < -0.39 is 21.7 Å². The Morgan fingerprint density at radius 1 is 1.36 bits per heavy atom. The molecule has 0 spiro atoms. The van der Waals surface area contributed by atoms with Gasteiger partial charge >= 0.3 is 0 Å². The Hall–Kier alpha value is -2.26. The van der Waals surface area contributed by atoms with Gasteiger partial charge in [0.2, 0.25) is 15.9 Å². The fourth-order valence-electron chi connectivity index (χ4n) is 2.39. The highest BCUT2D eigenvalue weighted by molar-refractivity contribution is 7.89. The predicted molar refractivity (Wildman–Crippen MR) is 90.9 cm³/mol. The van der Waals surface area contributed by atoms with Crippen molar-refractivity contribution >= 4 is 15.9 Å². The van der Waals surface area contributed by atoms with Crippen molar-refractivity contribution in [1.82, 2.24) is 19.6 Å². The molecule has 1 amide bonds. The van der Waals surface area contributed by atoms with Gasteiger partial charge in [-0.2, -0.15) is 0 Å². The third kappa shape index (κ3) is 5.10. The maximum absolute atomic E-state index is 13.1. The lowest BCUT2D eigenvalue weighted by Gasteiger charge is -2.10. The number of carbonyl (C=O) groups excluding carboxylic acids is 1. The summed E-state index contributed by atoms with van der Waals surface area (Å²) < 4.78 is 41.6. The zero-order valence-electron chi connectivity index (χ0n) is 14.1. The molecule has 25 heavy (non-hydrogen) atoms. The Bertz CT molecular complexity index is 849. The largest absolute Gasteiger partial charge is 0.353 e. The van der Waals surface area contributed by atoms with Crippen LogP contribution in [0.15, 0.2) is 35.5 Å². The van der Waals surface area contributed by atoms with Crippen LogP contribution in [0.1, 0.15) is 18.3 Å². The predicted octanol–water partition coefficient (Wildman–Crippen LogP) is 0.988. The number of hydrogen-bond donors (Lipinski definition) is 2. The first-order valence-corrected chi connectivity index (χ1v) is 9.34. The smallest absolute Gasteiger partial charge is 0.241 e. The van der Waals surface area contributed by atoms with Gasteiger partial charge in [0.1, 0.15) is 11.6 Å². The maximum Gasteiger partial charge on any atom is 0.241 e. The topological polar surface area (TPSA) is 93.1 Å². The van der Waals surface area contributed by atoms with E-state index in [4.69, 9.17) is 0 Å². The first-order chi connectivity index (χ1) is 11.8. The van der Waals surface area contributed by atoms with Crippen LogP contribution < -0.4 is 10.0 Å². The number of aryl methyl sites for hydroxylation is 2. The number of halogens is 1. The maximum atomic E-state index is 13.1. The molecule has 0 atom stereocenters. The fourth-order valence-corrected chi connectivity index (χ4v) is 3.60. The van der Waals surface area contributed by atoms with E-state index in [1.807, 2.05) is 17.7 Å². The minimum atomic E-state index is -3.87. The number of nitrogens with one attached hydrogen (secondary N) is 2. The average molecular weight is 368 g/mol. The van der Waals surface area contributed by atoms with Crippen LogP contribution in [0.4, 0.5) is 4.39 Å². The summed E-state index contributed by atoms with van der Waals surface area (Å²) in [6, 6.07) is 3.37. The summed E-state index contributed by atoms with van der Waals surface area (Å²) in [5, 5.41) is 2.65. The molecule has 9 heteroatoms. The van der Waals surface area contributed by atoms with Crippen molar-refractivity contribution in [1.29, 1.82) is 0 Å². The number of rotatable bonds is 8. The van der Waals surface area contributed by atoms with Crippen molar-refractivity contribution in [3.8, 4) is 0 Å². The van der Waals surface area contributed by atoms with E-state index in [1.54, 1.807) is 6.20 Å². The molecular formula is C16H21FN4O3S. The first-order valence-electron chi connectivity index (χ1n) is 7.86. The van der Waals surface area contributed by atoms with Gasteiger partial charge in [0.25, 0.3) is 0 Å². The molecule has 2 N–H and O–H groups in total. The highest BCUT2D eigenvalue weighted by atomic mass is 32.2. The lowest BCUT2D eigenvalue weighted by Crippen LogP contribution is -2.38. The molecule has 2 rings (SSSR count). The monoisotopic (exact) mass is 368 g/mol. The molecule has 2 aromatic rings. The Labute approximate surface area is 146 Å². The van der Waals surface area contributed by atoms with Crippen molar-refractivity contribution in [3.63, 3.8) is 0 Å². The molecule has 0 fully saturated rings. The second kappa shape index (κ2) is 8.21. The number of nitrogens with zero attached hydrogens (tertiary/aromatic N) is 2. The molecule has 0 aliphatic rings. The SMILES string of the molecule is CCc1nccn1CCNC(=O)CNS(=O)(=O)c1ccc(F)cc1C. The van der Waals surface area contributed by atoms with E-state index in [9.17, 15) is 17.6 Å². The van der Waals surface area contributed by atoms with Crippen molar-refractivity contribution < 1.29 is 17.6 Å². The van der Waals surface area contributed by atoms with E-state index >= 15 is 0 Å². The molecular weight excluding hydrogens is 347 g/mol. The van der Waals surface area contributed by atoms with Crippen molar-refractivity contribution in [2.45, 2.75) is 31.7 Å². The Kier molecular flexibility index (Phi) is 6.27. The minimum Gasteiger partial charge on any atom is -0.353 e. The van der Waals surface area contributed by atoms with E-state index in [1.165, 1.54) is 13.0 Å². The van der Waals surface area contributed by atoms with Gasteiger partial charge in [-0.3, -0.25) is 4.79 Å². The minimum absolute atomic E-state index is 0.0484. The highest BCUT2D eigenvalue weighted by Gasteiger charge is 2.18. The lowest BCUT2D eigenvalue weighted by molar-refractivity contribution is -0.119. The number of benzene rings is 1. The van der Waals surface area contributed by atoms with E-state index in [0.29, 0.717) is 13.1 Å². The van der Waals surface area contributed by atoms with Gasteiger partial charge in [-0.15, -0.1) is 0 Å². The van der Waals surface area contributed by atoms with E-state index in [2.05, 4.69) is 15.0 Å². The third-order valence-electron chi connectivity index (χ3n) is 3.64. The molecule has 0 saturated carbocycles. The van der Waals surface area contributed by atoms with Crippen LogP contribution in [0.5, 0.6) is 0 Å². The van der Waals surface area contributed by atoms with Crippen LogP contribution in [0.3, 0.4) is 0 Å². The molecule has 0 unspecified atom stereocenters. The summed E-state index contributed by atoms with van der Waals surface area (Å²) in [4.78, 5) is 16.0. The van der Waals surface area contributed by atoms with Gasteiger partial charge in [-0.25, -0.2) is 22.5 Å². The van der Waals surface area contributed by atoms with Gasteiger partial charge in [0.15, 0.2) is 0 Å². The Morgan fingerprint density at radius 3 is 2.80 bits per heavy atom. The molecule has 0 radical (unpaired) electrons. The summed E-state index contributed by atoms with van der Waals surface area (Å²) in [7, 11) is -3.87. The van der Waals surface area contributed by atoms with Crippen LogP contribution in [0.25, 0.3) is 0 Å². The number of sulfonamides is 1. The molecule has 136 valence electrons. The zero-order chi connectivity index (χ0) is 18.4. The van der Waals surface area contributed by atoms with Crippen molar-refractivity contribution in [3.05, 3.63) is 47.8 Å². The normalized spacial score (nSPS) is 11.5. The van der Waals surface area contributed by atoms with Crippen LogP contribution >= 0.6 is 0 Å². The molecule has 1 aromatic carbocycles. The van der Waals surface area contributed by atoms with Crippen LogP contribution in [-0.4, -0.2) is 37.0 Å². The third-order valence-corrected chi connectivity index (χ3v) is 5.20. The summed E-state index contributed by atoms with van der Waals surface area (Å²) in [6.45, 7) is 4.01. The second-order valence-corrected chi connectivity index (χ2v) is 7.21. The average Bonchev–Trinajstić information content (AvgIpc) is 3.00. The van der Waals surface area contributed by atoms with Crippen molar-refractivity contribution in [2.75, 3.05) is 13.1 Å². The number of aromatic nitrogens is 2. The van der Waals surface area contributed by atoms with Gasteiger partial charge in [-0.1, -0.05) is 6.92 Å². The summed E-state index contributed by atoms with van der Waals surface area (Å²) in [5.74, 6) is -0.0385. The standard InChI is InChI=1S/C16H21FN4O3S/c1-3-15-18-6-8-21(15)9-7-19-16(22)11-20-25(23,24)14-5-4-13(17)10-12(14)2/h4-6,8,10,20H,3,7,9,11H2,1-2H3,(H,19,22). The van der Waals surface area contributed by atoms with E-state index in [-0.39, 0.29) is 17.0 Å². The number of hydrogen-bond acceptors (Lipinski definition) is 4. The van der Waals surface area contributed by atoms with Crippen molar-refractivity contribution in [2.24, 2.45) is 0 Å². The summed E-state index contributed by atoms with van der Waals surface area (Å²) >= 11 is 0. The van der Waals surface area contributed by atoms with E-state index in [0.717, 1.165) is 24.4 Å². The Balaban J connectivity index is 1.84. The summed E-state index contributed by atoms with van der Waals surface area (Å²) in [5.41, 5.74) is 0.278. The molecule has 7 nitrogen and oxygen atoms in total. The number of imidazole rings is 1. The highest BCUT2D eigenvalue weighted by Crippen LogP contribution is 2.15. The van der Waals surface area contributed by atoms with Crippen LogP contribution in [0.2, 0.25) is 0 Å². The molecule has 1 heterocycles. The summed E-state index contributed by atoms with van der Waals surface area (Å²) in [6.07, 6.45) is 4.31. The first kappa shape index (κ1) is 19.1. The number of carbonyl (C=O) groups is 1. The van der Waals surface area contributed by atoms with Gasteiger partial charge in [0.05, 0.1) is 11.4 Å². The fraction of sp³-hybridized carbons (Fsp3) is 0.375. The van der Waals surface area contributed by atoms with Gasteiger partial charge < -0.3 is 9.88 Å². The zero-order valence-corrected chi connectivity index (χ0v) is 14.9. The van der Waals surface area contributed by atoms with Gasteiger partial charge in [0, 0.05) is 31.9 Å². The number of amides is 1.